The van der Waals surface area contributed by atoms with Crippen LogP contribution in [0.4, 0.5) is 14.6 Å². The van der Waals surface area contributed by atoms with Gasteiger partial charge in [-0.15, -0.1) is 0 Å². The van der Waals surface area contributed by atoms with Gasteiger partial charge in [0.15, 0.2) is 17.5 Å². The Morgan fingerprint density at radius 3 is 2.50 bits per heavy atom. The van der Waals surface area contributed by atoms with Crippen LogP contribution in [0, 0.1) is 22.1 Å². The SMILES string of the molecule is CNc1nc(-c2ccc(F)c(F)c2)nc(C)c1I. The van der Waals surface area contributed by atoms with Gasteiger partial charge >= 0.3 is 0 Å². The number of halogens is 3. The van der Waals surface area contributed by atoms with Gasteiger partial charge in [0, 0.05) is 12.6 Å². The molecule has 0 aliphatic rings. The largest absolute Gasteiger partial charge is 0.372 e. The van der Waals surface area contributed by atoms with Gasteiger partial charge in [-0.3, -0.25) is 0 Å². The Morgan fingerprint density at radius 1 is 1.17 bits per heavy atom. The van der Waals surface area contributed by atoms with Crippen molar-refractivity contribution in [2.45, 2.75) is 6.92 Å². The van der Waals surface area contributed by atoms with E-state index in [1.54, 1.807) is 7.05 Å². The second kappa shape index (κ2) is 5.13. The van der Waals surface area contributed by atoms with E-state index >= 15 is 0 Å². The van der Waals surface area contributed by atoms with Crippen molar-refractivity contribution in [3.05, 3.63) is 39.1 Å². The molecule has 0 radical (unpaired) electrons. The zero-order valence-corrected chi connectivity index (χ0v) is 11.9. The van der Waals surface area contributed by atoms with Gasteiger partial charge in [0.2, 0.25) is 0 Å². The van der Waals surface area contributed by atoms with Crippen molar-refractivity contribution in [2.75, 3.05) is 12.4 Å². The molecule has 1 aromatic heterocycles. The molecule has 1 aromatic carbocycles. The number of anilines is 1. The molecule has 0 saturated carbocycles. The average Bonchev–Trinajstić information content (AvgIpc) is 2.36. The van der Waals surface area contributed by atoms with E-state index in [-0.39, 0.29) is 0 Å². The van der Waals surface area contributed by atoms with Crippen molar-refractivity contribution in [3.63, 3.8) is 0 Å². The number of aryl methyl sites for hydroxylation is 1. The van der Waals surface area contributed by atoms with Gasteiger partial charge in [0.1, 0.15) is 5.82 Å². The van der Waals surface area contributed by atoms with Gasteiger partial charge in [-0.1, -0.05) is 0 Å². The Balaban J connectivity index is 2.57. The lowest BCUT2D eigenvalue weighted by atomic mass is 10.2. The number of hydrogen-bond acceptors (Lipinski definition) is 3. The third kappa shape index (κ3) is 2.43. The monoisotopic (exact) mass is 361 g/mol. The van der Waals surface area contributed by atoms with Gasteiger partial charge in [-0.25, -0.2) is 18.7 Å². The summed E-state index contributed by atoms with van der Waals surface area (Å²) in [5.41, 5.74) is 1.24. The number of aromatic nitrogens is 2. The highest BCUT2D eigenvalue weighted by Gasteiger charge is 2.11. The van der Waals surface area contributed by atoms with Crippen molar-refractivity contribution in [2.24, 2.45) is 0 Å². The van der Waals surface area contributed by atoms with E-state index in [0.717, 1.165) is 21.4 Å². The average molecular weight is 361 g/mol. The fraction of sp³-hybridized carbons (Fsp3) is 0.167. The van der Waals surface area contributed by atoms with Crippen molar-refractivity contribution in [1.82, 2.24) is 9.97 Å². The van der Waals surface area contributed by atoms with Gasteiger partial charge in [-0.2, -0.15) is 0 Å². The zero-order chi connectivity index (χ0) is 13.3. The summed E-state index contributed by atoms with van der Waals surface area (Å²) in [5.74, 6) is -0.743. The van der Waals surface area contributed by atoms with E-state index in [1.807, 2.05) is 6.92 Å². The predicted octanol–water partition coefficient (Wildman–Crippen LogP) is 3.38. The highest BCUT2D eigenvalue weighted by Crippen LogP contribution is 2.24. The molecule has 0 atom stereocenters. The van der Waals surface area contributed by atoms with Crippen LogP contribution < -0.4 is 5.32 Å². The first-order valence-corrected chi connectivity index (χ1v) is 6.28. The molecule has 3 nitrogen and oxygen atoms in total. The maximum absolute atomic E-state index is 13.2. The van der Waals surface area contributed by atoms with Crippen molar-refractivity contribution >= 4 is 28.4 Å². The Kier molecular flexibility index (Phi) is 3.74. The normalized spacial score (nSPS) is 10.5. The second-order valence-electron chi connectivity index (χ2n) is 3.67. The van der Waals surface area contributed by atoms with Crippen molar-refractivity contribution < 1.29 is 8.78 Å². The summed E-state index contributed by atoms with van der Waals surface area (Å²) >= 11 is 2.13. The van der Waals surface area contributed by atoms with Crippen LogP contribution in [0.2, 0.25) is 0 Å². The van der Waals surface area contributed by atoms with Gasteiger partial charge in [0.05, 0.1) is 9.26 Å². The molecule has 94 valence electrons. The molecular weight excluding hydrogens is 351 g/mol. The first-order chi connectivity index (χ1) is 8.52. The molecule has 0 aliphatic carbocycles. The molecule has 0 bridgehead atoms. The maximum atomic E-state index is 13.2. The van der Waals surface area contributed by atoms with Gasteiger partial charge < -0.3 is 5.32 Å². The predicted molar refractivity (Wildman–Crippen MR) is 74.4 cm³/mol. The molecule has 1 heterocycles. The zero-order valence-electron chi connectivity index (χ0n) is 9.76. The van der Waals surface area contributed by atoms with Crippen LogP contribution >= 0.6 is 22.6 Å². The van der Waals surface area contributed by atoms with E-state index in [4.69, 9.17) is 0 Å². The topological polar surface area (TPSA) is 37.8 Å². The first kappa shape index (κ1) is 13.1. The fourth-order valence-corrected chi connectivity index (χ4v) is 2.00. The molecule has 6 heteroatoms. The molecule has 2 aromatic rings. The number of rotatable bonds is 2. The molecule has 0 saturated heterocycles. The Bertz CT molecular complexity index is 602. The quantitative estimate of drug-likeness (QED) is 0.834. The summed E-state index contributed by atoms with van der Waals surface area (Å²) in [4.78, 5) is 8.55. The van der Waals surface area contributed by atoms with Crippen LogP contribution in [0.3, 0.4) is 0 Å². The maximum Gasteiger partial charge on any atom is 0.161 e. The molecule has 2 rings (SSSR count). The second-order valence-corrected chi connectivity index (χ2v) is 4.75. The summed E-state index contributed by atoms with van der Waals surface area (Å²) in [5, 5.41) is 2.95. The lowest BCUT2D eigenvalue weighted by Crippen LogP contribution is -2.03. The van der Waals surface area contributed by atoms with Crippen molar-refractivity contribution in [1.29, 1.82) is 0 Å². The minimum absolute atomic E-state index is 0.371. The number of benzene rings is 1. The summed E-state index contributed by atoms with van der Waals surface area (Å²) in [6, 6.07) is 3.62. The lowest BCUT2D eigenvalue weighted by Gasteiger charge is -2.08. The standard InChI is InChI=1S/C12H10F2IN3/c1-6-10(15)12(16-2)18-11(17-6)7-3-4-8(13)9(14)5-7/h3-5H,1-2H3,(H,16,17,18). The van der Waals surface area contributed by atoms with E-state index in [2.05, 4.69) is 37.9 Å². The fourth-order valence-electron chi connectivity index (χ4n) is 1.49. The highest BCUT2D eigenvalue weighted by atomic mass is 127. The summed E-state index contributed by atoms with van der Waals surface area (Å²) in [6.45, 7) is 1.84. The number of nitrogens with one attached hydrogen (secondary N) is 1. The van der Waals surface area contributed by atoms with Crippen LogP contribution in [0.5, 0.6) is 0 Å². The molecule has 0 spiro atoms. The minimum atomic E-state index is -0.904. The van der Waals surface area contributed by atoms with E-state index < -0.39 is 11.6 Å². The van der Waals surface area contributed by atoms with E-state index in [9.17, 15) is 8.78 Å². The Hall–Kier alpha value is -1.31. The van der Waals surface area contributed by atoms with Gasteiger partial charge in [-0.05, 0) is 47.7 Å². The third-order valence-electron chi connectivity index (χ3n) is 2.43. The highest BCUT2D eigenvalue weighted by molar-refractivity contribution is 14.1. The summed E-state index contributed by atoms with van der Waals surface area (Å²) < 4.78 is 27.0. The van der Waals surface area contributed by atoms with E-state index in [1.165, 1.54) is 6.07 Å². The molecular formula is C12H10F2IN3. The van der Waals surface area contributed by atoms with Gasteiger partial charge in [0.25, 0.3) is 0 Å². The molecule has 0 amide bonds. The number of hydrogen-bond donors (Lipinski definition) is 1. The number of nitrogens with zero attached hydrogens (tertiary/aromatic N) is 2. The molecule has 0 aliphatic heterocycles. The van der Waals surface area contributed by atoms with Crippen LogP contribution in [0.1, 0.15) is 5.69 Å². The summed E-state index contributed by atoms with van der Waals surface area (Å²) in [6.07, 6.45) is 0. The lowest BCUT2D eigenvalue weighted by molar-refractivity contribution is 0.509. The van der Waals surface area contributed by atoms with Crippen molar-refractivity contribution in [3.8, 4) is 11.4 Å². The first-order valence-electron chi connectivity index (χ1n) is 5.20. The molecule has 0 unspecified atom stereocenters. The molecule has 1 N–H and O–H groups in total. The Labute approximate surface area is 117 Å². The molecule has 18 heavy (non-hydrogen) atoms. The summed E-state index contributed by atoms with van der Waals surface area (Å²) in [7, 11) is 1.75. The third-order valence-corrected chi connectivity index (χ3v) is 3.72. The minimum Gasteiger partial charge on any atom is -0.372 e. The van der Waals surface area contributed by atoms with Crippen LogP contribution in [-0.2, 0) is 0 Å². The molecule has 0 fully saturated rings. The van der Waals surface area contributed by atoms with Crippen LogP contribution in [-0.4, -0.2) is 17.0 Å². The smallest absolute Gasteiger partial charge is 0.161 e. The Morgan fingerprint density at radius 2 is 1.89 bits per heavy atom. The van der Waals surface area contributed by atoms with Crippen LogP contribution in [0.15, 0.2) is 18.2 Å². The van der Waals surface area contributed by atoms with E-state index in [0.29, 0.717) is 17.2 Å². The van der Waals surface area contributed by atoms with Crippen LogP contribution in [0.25, 0.3) is 11.4 Å².